The molecule has 0 fully saturated rings. The predicted octanol–water partition coefficient (Wildman–Crippen LogP) is 2.72. The van der Waals surface area contributed by atoms with Gasteiger partial charge in [0.15, 0.2) is 0 Å². The molecule has 0 aromatic carbocycles. The molecule has 4 heteroatoms. The van der Waals surface area contributed by atoms with Gasteiger partial charge in [-0.25, -0.2) is 0 Å². The maximum Gasteiger partial charge on any atom is 0.253 e. The Hall–Kier alpha value is -1.45. The molecule has 2 amide bonds. The molecule has 1 aliphatic rings. The lowest BCUT2D eigenvalue weighted by atomic mass is 10.2. The summed E-state index contributed by atoms with van der Waals surface area (Å²) in [6, 6.07) is 0. The second kappa shape index (κ2) is 12.0. The molecule has 104 valence electrons. The van der Waals surface area contributed by atoms with E-state index in [-0.39, 0.29) is 17.6 Å². The first-order valence-corrected chi connectivity index (χ1v) is 6.55. The van der Waals surface area contributed by atoms with Crippen LogP contribution in [0.2, 0.25) is 0 Å². The van der Waals surface area contributed by atoms with E-state index in [1.807, 2.05) is 13.8 Å². The lowest BCUT2D eigenvalue weighted by Gasteiger charge is -2.12. The van der Waals surface area contributed by atoms with Crippen LogP contribution in [0, 0.1) is 0 Å². The number of carbonyl (C=O) groups excluding carboxylic acids is 3. The van der Waals surface area contributed by atoms with E-state index in [4.69, 9.17) is 0 Å². The summed E-state index contributed by atoms with van der Waals surface area (Å²) in [6.07, 6.45) is 4.71. The van der Waals surface area contributed by atoms with Gasteiger partial charge in [-0.05, 0) is 13.3 Å². The molecule has 4 nitrogen and oxygen atoms in total. The summed E-state index contributed by atoms with van der Waals surface area (Å²) in [5, 5.41) is 0. The average molecular weight is 255 g/mol. The van der Waals surface area contributed by atoms with Crippen LogP contribution in [-0.4, -0.2) is 29.0 Å². The monoisotopic (exact) mass is 255 g/mol. The first-order chi connectivity index (χ1) is 8.52. The zero-order valence-electron chi connectivity index (χ0n) is 12.2. The molecule has 0 atom stereocenters. The fourth-order valence-corrected chi connectivity index (χ4v) is 1.14. The fraction of sp³-hybridized carbons (Fsp3) is 0.643. The third kappa shape index (κ3) is 8.67. The Balaban J connectivity index is 0. The average Bonchev–Trinajstić information content (AvgIpc) is 2.64. The Kier molecular flexibility index (Phi) is 12.6. The highest BCUT2D eigenvalue weighted by atomic mass is 16.2. The van der Waals surface area contributed by atoms with Crippen LogP contribution in [0.1, 0.15) is 53.9 Å². The van der Waals surface area contributed by atoms with Gasteiger partial charge in [0.25, 0.3) is 11.8 Å². The van der Waals surface area contributed by atoms with Gasteiger partial charge >= 0.3 is 0 Å². The summed E-state index contributed by atoms with van der Waals surface area (Å²) >= 11 is 0. The highest BCUT2D eigenvalue weighted by Gasteiger charge is 2.22. The molecule has 0 bridgehead atoms. The van der Waals surface area contributed by atoms with E-state index in [2.05, 4.69) is 13.8 Å². The van der Waals surface area contributed by atoms with Crippen molar-refractivity contribution in [3.05, 3.63) is 12.2 Å². The molecule has 0 unspecified atom stereocenters. The largest absolute Gasteiger partial charge is 0.300 e. The minimum Gasteiger partial charge on any atom is -0.300 e. The van der Waals surface area contributed by atoms with Crippen molar-refractivity contribution in [1.29, 1.82) is 0 Å². The summed E-state index contributed by atoms with van der Waals surface area (Å²) in [5.41, 5.74) is 0. The fourth-order valence-electron chi connectivity index (χ4n) is 1.14. The van der Waals surface area contributed by atoms with Crippen LogP contribution in [0.5, 0.6) is 0 Å². The molecule has 0 N–H and O–H groups in total. The molecular formula is C14H25NO3. The molecule has 1 aliphatic heterocycles. The molecule has 0 aromatic heterocycles. The first-order valence-electron chi connectivity index (χ1n) is 6.55. The van der Waals surface area contributed by atoms with Crippen LogP contribution in [0.15, 0.2) is 12.2 Å². The SMILES string of the molecule is CC.CC(=O)CCCN1C(=O)C=CC1=O.CCC. The van der Waals surface area contributed by atoms with Crippen molar-refractivity contribution < 1.29 is 14.4 Å². The Morgan fingerprint density at radius 1 is 1.11 bits per heavy atom. The van der Waals surface area contributed by atoms with Crippen LogP contribution >= 0.6 is 0 Å². The second-order valence-corrected chi connectivity index (χ2v) is 3.67. The van der Waals surface area contributed by atoms with Crippen molar-refractivity contribution >= 4 is 17.6 Å². The van der Waals surface area contributed by atoms with Crippen molar-refractivity contribution in [3.8, 4) is 0 Å². The normalized spacial score (nSPS) is 12.6. The molecule has 0 aliphatic carbocycles. The minimum atomic E-state index is -0.284. The quantitative estimate of drug-likeness (QED) is 0.726. The number of nitrogens with zero attached hydrogens (tertiary/aromatic N) is 1. The van der Waals surface area contributed by atoms with Crippen LogP contribution in [-0.2, 0) is 14.4 Å². The molecule has 0 saturated heterocycles. The zero-order chi connectivity index (χ0) is 14.6. The standard InChI is InChI=1S/C9H11NO3.C3H8.C2H6/c1-7(11)3-2-6-10-8(12)4-5-9(10)13;1-3-2;1-2/h4-5H,2-3,6H2,1H3;3H2,1-2H3;1-2H3. The van der Waals surface area contributed by atoms with Crippen molar-refractivity contribution in [3.63, 3.8) is 0 Å². The van der Waals surface area contributed by atoms with Gasteiger partial charge in [-0.3, -0.25) is 14.5 Å². The van der Waals surface area contributed by atoms with E-state index in [0.717, 1.165) is 4.90 Å². The van der Waals surface area contributed by atoms with E-state index >= 15 is 0 Å². The minimum absolute atomic E-state index is 0.0760. The Morgan fingerprint density at radius 2 is 1.50 bits per heavy atom. The number of carbonyl (C=O) groups is 3. The zero-order valence-corrected chi connectivity index (χ0v) is 12.2. The van der Waals surface area contributed by atoms with E-state index in [9.17, 15) is 14.4 Å². The van der Waals surface area contributed by atoms with E-state index < -0.39 is 0 Å². The highest BCUT2D eigenvalue weighted by molar-refractivity contribution is 6.12. The van der Waals surface area contributed by atoms with Gasteiger partial charge in [0.05, 0.1) is 0 Å². The summed E-state index contributed by atoms with van der Waals surface area (Å²) in [6.45, 7) is 10.1. The van der Waals surface area contributed by atoms with Gasteiger partial charge in [0.2, 0.25) is 0 Å². The molecule has 0 radical (unpaired) electrons. The third-order valence-electron chi connectivity index (χ3n) is 1.81. The summed E-state index contributed by atoms with van der Waals surface area (Å²) in [5.74, 6) is -0.492. The van der Waals surface area contributed by atoms with Gasteiger partial charge in [-0.2, -0.15) is 0 Å². The number of ketones is 1. The van der Waals surface area contributed by atoms with E-state index in [1.54, 1.807) is 0 Å². The summed E-state index contributed by atoms with van der Waals surface area (Å²) in [7, 11) is 0. The smallest absolute Gasteiger partial charge is 0.253 e. The number of Topliss-reactive ketones (excluding diaryl/α,β-unsaturated/α-hetero) is 1. The van der Waals surface area contributed by atoms with Crippen molar-refractivity contribution in [2.45, 2.75) is 53.9 Å². The van der Waals surface area contributed by atoms with Gasteiger partial charge < -0.3 is 4.79 Å². The van der Waals surface area contributed by atoms with Crippen LogP contribution in [0.4, 0.5) is 0 Å². The van der Waals surface area contributed by atoms with Gasteiger partial charge in [-0.1, -0.05) is 34.1 Å². The van der Waals surface area contributed by atoms with Crippen LogP contribution in [0.3, 0.4) is 0 Å². The molecular weight excluding hydrogens is 230 g/mol. The maximum absolute atomic E-state index is 11.0. The van der Waals surface area contributed by atoms with Crippen LogP contribution in [0.25, 0.3) is 0 Å². The van der Waals surface area contributed by atoms with Crippen molar-refractivity contribution in [2.75, 3.05) is 6.54 Å². The lowest BCUT2D eigenvalue weighted by Crippen LogP contribution is -2.31. The van der Waals surface area contributed by atoms with Gasteiger partial charge in [0, 0.05) is 25.1 Å². The molecule has 18 heavy (non-hydrogen) atoms. The molecule has 0 spiro atoms. The molecule has 0 aromatic rings. The number of rotatable bonds is 4. The van der Waals surface area contributed by atoms with E-state index in [1.165, 1.54) is 25.5 Å². The van der Waals surface area contributed by atoms with E-state index in [0.29, 0.717) is 19.4 Å². The summed E-state index contributed by atoms with van der Waals surface area (Å²) in [4.78, 5) is 33.7. The first kappa shape index (κ1) is 18.9. The third-order valence-corrected chi connectivity index (χ3v) is 1.81. The van der Waals surface area contributed by atoms with Gasteiger partial charge in [0.1, 0.15) is 5.78 Å². The highest BCUT2D eigenvalue weighted by Crippen LogP contribution is 2.05. The topological polar surface area (TPSA) is 54.5 Å². The maximum atomic E-state index is 11.0. The number of imide groups is 1. The Labute approximate surface area is 110 Å². The van der Waals surface area contributed by atoms with Crippen molar-refractivity contribution in [1.82, 2.24) is 4.90 Å². The van der Waals surface area contributed by atoms with Crippen molar-refractivity contribution in [2.24, 2.45) is 0 Å². The second-order valence-electron chi connectivity index (χ2n) is 3.67. The predicted molar refractivity (Wildman–Crippen MR) is 73.1 cm³/mol. The number of amides is 2. The molecule has 1 heterocycles. The Morgan fingerprint density at radius 3 is 1.83 bits per heavy atom. The lowest BCUT2D eigenvalue weighted by molar-refractivity contribution is -0.137. The molecule has 0 saturated carbocycles. The Bertz CT molecular complexity index is 277. The number of hydrogen-bond acceptors (Lipinski definition) is 3. The summed E-state index contributed by atoms with van der Waals surface area (Å²) < 4.78 is 0. The van der Waals surface area contributed by atoms with Crippen LogP contribution < -0.4 is 0 Å². The van der Waals surface area contributed by atoms with Gasteiger partial charge in [-0.15, -0.1) is 0 Å². The molecule has 1 rings (SSSR count). The number of hydrogen-bond donors (Lipinski definition) is 0.